The summed E-state index contributed by atoms with van der Waals surface area (Å²) < 4.78 is 10.6. The summed E-state index contributed by atoms with van der Waals surface area (Å²) in [5, 5.41) is 0. The lowest BCUT2D eigenvalue weighted by molar-refractivity contribution is -0.132. The predicted molar refractivity (Wildman–Crippen MR) is 74.3 cm³/mol. The van der Waals surface area contributed by atoms with E-state index in [-0.39, 0.29) is 5.91 Å². The summed E-state index contributed by atoms with van der Waals surface area (Å²) in [6.07, 6.45) is 0.324. The molecule has 0 bridgehead atoms. The van der Waals surface area contributed by atoms with Crippen LogP contribution in [-0.4, -0.2) is 25.0 Å². The number of rotatable bonds is 6. The molecular weight excluding hydrogens is 260 g/mol. The quantitative estimate of drug-likeness (QED) is 0.772. The van der Waals surface area contributed by atoms with Crippen molar-refractivity contribution in [2.24, 2.45) is 0 Å². The van der Waals surface area contributed by atoms with E-state index < -0.39 is 12.0 Å². The van der Waals surface area contributed by atoms with Gasteiger partial charge >= 0.3 is 0 Å². The van der Waals surface area contributed by atoms with Crippen molar-refractivity contribution < 1.29 is 19.1 Å². The third-order valence-corrected chi connectivity index (χ3v) is 2.54. The number of para-hydroxylation sites is 2. The van der Waals surface area contributed by atoms with Crippen LogP contribution in [0.5, 0.6) is 11.5 Å². The molecule has 0 aliphatic carbocycles. The van der Waals surface area contributed by atoms with Crippen LogP contribution in [0.2, 0.25) is 0 Å². The lowest BCUT2D eigenvalue weighted by Crippen LogP contribution is -2.47. The molecule has 0 fully saturated rings. The zero-order valence-corrected chi connectivity index (χ0v) is 11.9. The Morgan fingerprint density at radius 2 is 1.85 bits per heavy atom. The number of methoxy groups -OCH3 is 1. The highest BCUT2D eigenvalue weighted by atomic mass is 16.5. The van der Waals surface area contributed by atoms with Gasteiger partial charge in [0.2, 0.25) is 5.91 Å². The van der Waals surface area contributed by atoms with Gasteiger partial charge in [0.05, 0.1) is 7.11 Å². The maximum Gasteiger partial charge on any atom is 0.279 e. The van der Waals surface area contributed by atoms with Crippen LogP contribution in [0, 0.1) is 0 Å². The van der Waals surface area contributed by atoms with E-state index in [2.05, 4.69) is 10.9 Å². The SMILES string of the molecule is CCCC(=O)NNC(=O)C(C)Oc1ccccc1OC. The number of hydrogen-bond acceptors (Lipinski definition) is 4. The van der Waals surface area contributed by atoms with Crippen molar-refractivity contribution in [3.8, 4) is 11.5 Å². The maximum absolute atomic E-state index is 11.8. The molecule has 110 valence electrons. The van der Waals surface area contributed by atoms with Crippen molar-refractivity contribution in [2.75, 3.05) is 7.11 Å². The molecule has 0 aliphatic rings. The first-order valence-corrected chi connectivity index (χ1v) is 6.46. The van der Waals surface area contributed by atoms with E-state index in [1.807, 2.05) is 6.92 Å². The molecule has 0 aromatic heterocycles. The molecule has 1 unspecified atom stereocenters. The normalized spacial score (nSPS) is 11.3. The third-order valence-electron chi connectivity index (χ3n) is 2.54. The van der Waals surface area contributed by atoms with E-state index in [9.17, 15) is 9.59 Å². The Bertz CT molecular complexity index is 462. The van der Waals surface area contributed by atoms with Gasteiger partial charge in [0.15, 0.2) is 17.6 Å². The van der Waals surface area contributed by atoms with E-state index >= 15 is 0 Å². The van der Waals surface area contributed by atoms with Crippen LogP contribution in [0.1, 0.15) is 26.7 Å². The zero-order valence-electron chi connectivity index (χ0n) is 11.9. The minimum Gasteiger partial charge on any atom is -0.493 e. The molecule has 20 heavy (non-hydrogen) atoms. The van der Waals surface area contributed by atoms with Crippen LogP contribution in [0.3, 0.4) is 0 Å². The number of hydrazine groups is 1. The molecule has 0 spiro atoms. The van der Waals surface area contributed by atoms with E-state index in [0.29, 0.717) is 17.9 Å². The van der Waals surface area contributed by atoms with Gasteiger partial charge in [-0.15, -0.1) is 0 Å². The van der Waals surface area contributed by atoms with Crippen molar-refractivity contribution in [3.63, 3.8) is 0 Å². The van der Waals surface area contributed by atoms with Gasteiger partial charge in [-0.3, -0.25) is 20.4 Å². The fraction of sp³-hybridized carbons (Fsp3) is 0.429. The van der Waals surface area contributed by atoms with Crippen LogP contribution in [-0.2, 0) is 9.59 Å². The van der Waals surface area contributed by atoms with Gasteiger partial charge in [0, 0.05) is 6.42 Å². The van der Waals surface area contributed by atoms with Gasteiger partial charge in [-0.05, 0) is 25.5 Å². The molecule has 1 aromatic carbocycles. The fourth-order valence-electron chi connectivity index (χ4n) is 1.48. The van der Waals surface area contributed by atoms with E-state index in [0.717, 1.165) is 6.42 Å². The number of nitrogens with one attached hydrogen (secondary N) is 2. The summed E-state index contributed by atoms with van der Waals surface area (Å²) in [5.41, 5.74) is 4.65. The van der Waals surface area contributed by atoms with Gasteiger partial charge in [-0.2, -0.15) is 0 Å². The molecule has 6 heteroatoms. The first kappa shape index (κ1) is 15.8. The first-order valence-electron chi connectivity index (χ1n) is 6.46. The van der Waals surface area contributed by atoms with Crippen molar-refractivity contribution in [1.82, 2.24) is 10.9 Å². The highest BCUT2D eigenvalue weighted by Crippen LogP contribution is 2.26. The molecule has 0 heterocycles. The summed E-state index contributed by atoms with van der Waals surface area (Å²) in [7, 11) is 1.53. The molecule has 1 rings (SSSR count). The number of hydrogen-bond donors (Lipinski definition) is 2. The number of ether oxygens (including phenoxy) is 2. The first-order chi connectivity index (χ1) is 9.58. The standard InChI is InChI=1S/C14H20N2O4/c1-4-7-13(17)15-16-14(18)10(2)20-12-9-6-5-8-11(12)19-3/h5-6,8-10H,4,7H2,1-3H3,(H,15,17)(H,16,18). The van der Waals surface area contributed by atoms with E-state index in [4.69, 9.17) is 9.47 Å². The molecule has 0 saturated heterocycles. The second-order valence-corrected chi connectivity index (χ2v) is 4.20. The fourth-order valence-corrected chi connectivity index (χ4v) is 1.48. The predicted octanol–water partition coefficient (Wildman–Crippen LogP) is 1.41. The monoisotopic (exact) mass is 280 g/mol. The highest BCUT2D eigenvalue weighted by Gasteiger charge is 2.16. The summed E-state index contributed by atoms with van der Waals surface area (Å²) in [6, 6.07) is 7.04. The smallest absolute Gasteiger partial charge is 0.279 e. The van der Waals surface area contributed by atoms with Gasteiger partial charge in [0.25, 0.3) is 5.91 Å². The van der Waals surface area contributed by atoms with Crippen LogP contribution in [0.15, 0.2) is 24.3 Å². The summed E-state index contributed by atoms with van der Waals surface area (Å²) in [5.74, 6) is 0.352. The second kappa shape index (κ2) is 8.04. The molecular formula is C14H20N2O4. The average Bonchev–Trinajstić information content (AvgIpc) is 2.45. The topological polar surface area (TPSA) is 76.7 Å². The van der Waals surface area contributed by atoms with E-state index in [1.165, 1.54) is 7.11 Å². The Labute approximate surface area is 118 Å². The Morgan fingerprint density at radius 1 is 1.20 bits per heavy atom. The lowest BCUT2D eigenvalue weighted by atomic mass is 10.3. The van der Waals surface area contributed by atoms with Crippen molar-refractivity contribution in [1.29, 1.82) is 0 Å². The Morgan fingerprint density at radius 3 is 2.45 bits per heavy atom. The minimum absolute atomic E-state index is 0.231. The largest absolute Gasteiger partial charge is 0.493 e. The Hall–Kier alpha value is -2.24. The molecule has 2 N–H and O–H groups in total. The van der Waals surface area contributed by atoms with Gasteiger partial charge < -0.3 is 9.47 Å². The molecule has 0 radical (unpaired) electrons. The van der Waals surface area contributed by atoms with Gasteiger partial charge in [0.1, 0.15) is 0 Å². The summed E-state index contributed by atoms with van der Waals surface area (Å²) in [6.45, 7) is 3.47. The maximum atomic E-state index is 11.8. The van der Waals surface area contributed by atoms with E-state index in [1.54, 1.807) is 31.2 Å². The molecule has 2 amide bonds. The molecule has 6 nitrogen and oxygen atoms in total. The highest BCUT2D eigenvalue weighted by molar-refractivity contribution is 5.84. The lowest BCUT2D eigenvalue weighted by Gasteiger charge is -2.16. The number of amides is 2. The Balaban J connectivity index is 2.51. The molecule has 1 aromatic rings. The number of carbonyl (C=O) groups excluding carboxylic acids is 2. The average molecular weight is 280 g/mol. The van der Waals surface area contributed by atoms with Crippen LogP contribution >= 0.6 is 0 Å². The van der Waals surface area contributed by atoms with Crippen molar-refractivity contribution in [3.05, 3.63) is 24.3 Å². The van der Waals surface area contributed by atoms with Gasteiger partial charge in [-0.1, -0.05) is 19.1 Å². The molecule has 0 saturated carbocycles. The zero-order chi connectivity index (χ0) is 15.0. The molecule has 1 atom stereocenters. The summed E-state index contributed by atoms with van der Waals surface area (Å²) >= 11 is 0. The van der Waals surface area contributed by atoms with Crippen molar-refractivity contribution in [2.45, 2.75) is 32.8 Å². The van der Waals surface area contributed by atoms with Crippen molar-refractivity contribution >= 4 is 11.8 Å². The number of benzene rings is 1. The van der Waals surface area contributed by atoms with Crippen LogP contribution in [0.25, 0.3) is 0 Å². The minimum atomic E-state index is -0.756. The van der Waals surface area contributed by atoms with Gasteiger partial charge in [-0.25, -0.2) is 0 Å². The third kappa shape index (κ3) is 4.79. The van der Waals surface area contributed by atoms with Crippen LogP contribution < -0.4 is 20.3 Å². The summed E-state index contributed by atoms with van der Waals surface area (Å²) in [4.78, 5) is 23.0. The molecule has 0 aliphatic heterocycles. The second-order valence-electron chi connectivity index (χ2n) is 4.20. The van der Waals surface area contributed by atoms with Crippen LogP contribution in [0.4, 0.5) is 0 Å². The number of carbonyl (C=O) groups is 2. The Kier molecular flexibility index (Phi) is 6.36.